The maximum Gasteiger partial charge on any atom is 0.0580 e. The lowest BCUT2D eigenvalue weighted by molar-refractivity contribution is -0.0263. The van der Waals surface area contributed by atoms with E-state index in [-0.39, 0.29) is 0 Å². The molecule has 1 aliphatic heterocycles. The summed E-state index contributed by atoms with van der Waals surface area (Å²) in [5, 5.41) is 3.58. The highest BCUT2D eigenvalue weighted by molar-refractivity contribution is 4.80. The Bertz CT molecular complexity index is 198. The summed E-state index contributed by atoms with van der Waals surface area (Å²) >= 11 is 0. The standard InChI is InChI=1S/C14H28N2O/c1-2-17-14-11-13(12-14)5-6-15-7-10-16-8-3-4-9-16/h13-15H,2-12H2,1H3. The third-order valence-electron chi connectivity index (χ3n) is 4.13. The van der Waals surface area contributed by atoms with E-state index in [4.69, 9.17) is 4.74 Å². The third-order valence-corrected chi connectivity index (χ3v) is 4.13. The molecule has 0 amide bonds. The van der Waals surface area contributed by atoms with E-state index in [0.717, 1.165) is 12.5 Å². The molecule has 0 spiro atoms. The van der Waals surface area contributed by atoms with Crippen LogP contribution >= 0.6 is 0 Å². The van der Waals surface area contributed by atoms with Crippen molar-refractivity contribution in [1.82, 2.24) is 10.2 Å². The van der Waals surface area contributed by atoms with Crippen molar-refractivity contribution in [3.8, 4) is 0 Å². The van der Waals surface area contributed by atoms with Gasteiger partial charge in [0.1, 0.15) is 0 Å². The second-order valence-electron chi connectivity index (χ2n) is 5.50. The molecule has 3 nitrogen and oxygen atoms in total. The average molecular weight is 240 g/mol. The highest BCUT2D eigenvalue weighted by Crippen LogP contribution is 2.32. The Morgan fingerprint density at radius 2 is 1.94 bits per heavy atom. The number of nitrogens with one attached hydrogen (secondary N) is 1. The molecule has 0 unspecified atom stereocenters. The van der Waals surface area contributed by atoms with Gasteiger partial charge in [-0.05, 0) is 64.6 Å². The summed E-state index contributed by atoms with van der Waals surface area (Å²) in [5.41, 5.74) is 0. The molecule has 0 aromatic heterocycles. The molecule has 0 radical (unpaired) electrons. The van der Waals surface area contributed by atoms with Crippen LogP contribution in [-0.4, -0.2) is 50.3 Å². The van der Waals surface area contributed by atoms with Crippen molar-refractivity contribution in [2.45, 2.75) is 45.1 Å². The molecule has 1 saturated carbocycles. The molecule has 100 valence electrons. The first-order valence-corrected chi connectivity index (χ1v) is 7.43. The van der Waals surface area contributed by atoms with Gasteiger partial charge in [0.2, 0.25) is 0 Å². The Morgan fingerprint density at radius 3 is 2.65 bits per heavy atom. The largest absolute Gasteiger partial charge is 0.378 e. The van der Waals surface area contributed by atoms with Gasteiger partial charge in [0, 0.05) is 19.7 Å². The summed E-state index contributed by atoms with van der Waals surface area (Å²) in [4.78, 5) is 2.57. The van der Waals surface area contributed by atoms with Crippen LogP contribution in [0.3, 0.4) is 0 Å². The molecule has 0 atom stereocenters. The molecule has 2 fully saturated rings. The van der Waals surface area contributed by atoms with E-state index in [9.17, 15) is 0 Å². The minimum absolute atomic E-state index is 0.578. The first-order valence-electron chi connectivity index (χ1n) is 7.43. The topological polar surface area (TPSA) is 24.5 Å². The molecule has 1 heterocycles. The van der Waals surface area contributed by atoms with E-state index in [2.05, 4.69) is 17.1 Å². The molecule has 17 heavy (non-hydrogen) atoms. The Labute approximate surface area is 106 Å². The molecule has 1 aliphatic carbocycles. The summed E-state index contributed by atoms with van der Waals surface area (Å²) < 4.78 is 5.58. The Morgan fingerprint density at radius 1 is 1.18 bits per heavy atom. The highest BCUT2D eigenvalue weighted by atomic mass is 16.5. The van der Waals surface area contributed by atoms with Gasteiger partial charge in [-0.15, -0.1) is 0 Å². The van der Waals surface area contributed by atoms with Crippen LogP contribution < -0.4 is 5.32 Å². The lowest BCUT2D eigenvalue weighted by Crippen LogP contribution is -2.35. The lowest BCUT2D eigenvalue weighted by atomic mass is 9.80. The van der Waals surface area contributed by atoms with Crippen LogP contribution in [0.5, 0.6) is 0 Å². The molecule has 3 heteroatoms. The SMILES string of the molecule is CCOC1CC(CCNCCN2CCCC2)C1. The summed E-state index contributed by atoms with van der Waals surface area (Å²) in [7, 11) is 0. The van der Waals surface area contributed by atoms with Crippen molar-refractivity contribution in [2.75, 3.05) is 39.3 Å². The van der Waals surface area contributed by atoms with Gasteiger partial charge in [-0.2, -0.15) is 0 Å². The predicted octanol–water partition coefficient (Wildman–Crippen LogP) is 1.88. The van der Waals surface area contributed by atoms with Gasteiger partial charge in [-0.25, -0.2) is 0 Å². The summed E-state index contributed by atoms with van der Waals surface area (Å²) in [6.45, 7) is 9.21. The first-order chi connectivity index (χ1) is 8.38. The number of rotatable bonds is 8. The lowest BCUT2D eigenvalue weighted by Gasteiger charge is -2.35. The van der Waals surface area contributed by atoms with Crippen LogP contribution in [0.2, 0.25) is 0 Å². The Hall–Kier alpha value is -0.120. The molecule has 0 bridgehead atoms. The molecule has 0 aromatic rings. The van der Waals surface area contributed by atoms with Crippen molar-refractivity contribution in [3.05, 3.63) is 0 Å². The zero-order valence-electron chi connectivity index (χ0n) is 11.3. The Balaban J connectivity index is 1.37. The number of hydrogen-bond acceptors (Lipinski definition) is 3. The van der Waals surface area contributed by atoms with Gasteiger partial charge in [0.05, 0.1) is 6.10 Å². The smallest absolute Gasteiger partial charge is 0.0580 e. The van der Waals surface area contributed by atoms with Crippen molar-refractivity contribution >= 4 is 0 Å². The van der Waals surface area contributed by atoms with Crippen LogP contribution in [-0.2, 0) is 4.74 Å². The highest BCUT2D eigenvalue weighted by Gasteiger charge is 2.28. The summed E-state index contributed by atoms with van der Waals surface area (Å²) in [6.07, 6.45) is 7.31. The zero-order chi connectivity index (χ0) is 11.9. The number of ether oxygens (including phenoxy) is 1. The molecule has 2 aliphatic rings. The van der Waals surface area contributed by atoms with Crippen molar-refractivity contribution in [3.63, 3.8) is 0 Å². The quantitative estimate of drug-likeness (QED) is 0.656. The van der Waals surface area contributed by atoms with Crippen LogP contribution in [0.15, 0.2) is 0 Å². The molecular formula is C14H28N2O. The maximum absolute atomic E-state index is 5.58. The van der Waals surface area contributed by atoms with Crippen LogP contribution in [0.25, 0.3) is 0 Å². The molecule has 0 aromatic carbocycles. The van der Waals surface area contributed by atoms with E-state index in [1.165, 1.54) is 64.8 Å². The summed E-state index contributed by atoms with van der Waals surface area (Å²) in [5.74, 6) is 0.922. The summed E-state index contributed by atoms with van der Waals surface area (Å²) in [6, 6.07) is 0. The van der Waals surface area contributed by atoms with Crippen molar-refractivity contribution in [1.29, 1.82) is 0 Å². The molecular weight excluding hydrogens is 212 g/mol. The minimum atomic E-state index is 0.578. The second kappa shape index (κ2) is 7.34. The molecule has 1 N–H and O–H groups in total. The number of likely N-dealkylation sites (tertiary alicyclic amines) is 1. The van der Waals surface area contributed by atoms with Gasteiger partial charge >= 0.3 is 0 Å². The minimum Gasteiger partial charge on any atom is -0.378 e. The average Bonchev–Trinajstić information content (AvgIpc) is 2.77. The monoisotopic (exact) mass is 240 g/mol. The van der Waals surface area contributed by atoms with Crippen molar-refractivity contribution < 1.29 is 4.74 Å². The second-order valence-corrected chi connectivity index (χ2v) is 5.50. The van der Waals surface area contributed by atoms with Crippen LogP contribution in [0, 0.1) is 5.92 Å². The van der Waals surface area contributed by atoms with E-state index in [0.29, 0.717) is 6.10 Å². The third kappa shape index (κ3) is 4.57. The van der Waals surface area contributed by atoms with E-state index in [1.54, 1.807) is 0 Å². The predicted molar refractivity (Wildman–Crippen MR) is 71.3 cm³/mol. The number of hydrogen-bond donors (Lipinski definition) is 1. The normalized spacial score (nSPS) is 29.5. The van der Waals surface area contributed by atoms with Crippen LogP contribution in [0.4, 0.5) is 0 Å². The van der Waals surface area contributed by atoms with Crippen LogP contribution in [0.1, 0.15) is 39.0 Å². The van der Waals surface area contributed by atoms with Gasteiger partial charge in [0.25, 0.3) is 0 Å². The van der Waals surface area contributed by atoms with E-state index in [1.807, 2.05) is 0 Å². The fraction of sp³-hybridized carbons (Fsp3) is 1.00. The van der Waals surface area contributed by atoms with Gasteiger partial charge in [-0.3, -0.25) is 0 Å². The van der Waals surface area contributed by atoms with E-state index < -0.39 is 0 Å². The molecule has 2 rings (SSSR count). The van der Waals surface area contributed by atoms with Crippen molar-refractivity contribution in [2.24, 2.45) is 5.92 Å². The van der Waals surface area contributed by atoms with Gasteiger partial charge < -0.3 is 15.0 Å². The van der Waals surface area contributed by atoms with Gasteiger partial charge in [0.15, 0.2) is 0 Å². The van der Waals surface area contributed by atoms with E-state index >= 15 is 0 Å². The van der Waals surface area contributed by atoms with Gasteiger partial charge in [-0.1, -0.05) is 0 Å². The molecule has 1 saturated heterocycles. The fourth-order valence-corrected chi connectivity index (χ4v) is 2.96. The zero-order valence-corrected chi connectivity index (χ0v) is 11.3. The Kier molecular flexibility index (Phi) is 5.75. The fourth-order valence-electron chi connectivity index (χ4n) is 2.96. The number of nitrogens with zero attached hydrogens (tertiary/aromatic N) is 1. The maximum atomic E-state index is 5.58. The first kappa shape index (κ1) is 13.3.